The maximum Gasteiger partial charge on any atom is 0.199 e. The van der Waals surface area contributed by atoms with E-state index in [4.69, 9.17) is 19.9 Å². The number of hydrogen-bond donors (Lipinski definition) is 2. The Labute approximate surface area is 199 Å². The number of aromatic nitrogens is 4. The maximum absolute atomic E-state index is 11.9. The Hall–Kier alpha value is -3.21. The molecule has 0 saturated heterocycles. The Morgan fingerprint density at radius 2 is 1.88 bits per heavy atom. The highest BCUT2D eigenvalue weighted by molar-refractivity contribution is 5.63. The average Bonchev–Trinajstić information content (AvgIpc) is 3.20. The maximum atomic E-state index is 11.9. The van der Waals surface area contributed by atoms with Crippen LogP contribution in [0.5, 0.6) is 5.75 Å². The van der Waals surface area contributed by atoms with Gasteiger partial charge in [0.05, 0.1) is 19.6 Å². The number of anilines is 2. The first-order valence-electron chi connectivity index (χ1n) is 11.1. The monoisotopic (exact) mass is 468 g/mol. The van der Waals surface area contributed by atoms with Crippen LogP contribution in [0.2, 0.25) is 0 Å². The summed E-state index contributed by atoms with van der Waals surface area (Å²) in [6.07, 6.45) is -1.90. The number of aryl methyl sites for hydroxylation is 3. The number of fused-ring (bicyclic) bond motifs is 1. The molecule has 0 amide bonds. The fourth-order valence-electron chi connectivity index (χ4n) is 4.88. The summed E-state index contributed by atoms with van der Waals surface area (Å²) >= 11 is 0. The van der Waals surface area contributed by atoms with Gasteiger partial charge in [-0.25, -0.2) is 0 Å². The van der Waals surface area contributed by atoms with Crippen LogP contribution in [-0.2, 0) is 23.1 Å². The van der Waals surface area contributed by atoms with Crippen LogP contribution < -0.4 is 15.4 Å². The van der Waals surface area contributed by atoms with Crippen molar-refractivity contribution in [1.29, 1.82) is 0 Å². The highest BCUT2D eigenvalue weighted by atomic mass is 16.7. The second-order valence-electron chi connectivity index (χ2n) is 8.84. The van der Waals surface area contributed by atoms with Crippen LogP contribution in [0.25, 0.3) is 0 Å². The molecule has 3 N–H and O–H groups in total. The second kappa shape index (κ2) is 9.21. The number of tetrazole rings is 1. The van der Waals surface area contributed by atoms with Crippen molar-refractivity contribution in [2.75, 3.05) is 24.9 Å². The van der Waals surface area contributed by atoms with E-state index < -0.39 is 24.0 Å². The molecule has 0 aliphatic carbocycles. The van der Waals surface area contributed by atoms with Crippen LogP contribution in [-0.4, -0.2) is 57.5 Å². The van der Waals surface area contributed by atoms with Crippen LogP contribution in [0.4, 0.5) is 11.4 Å². The van der Waals surface area contributed by atoms with Gasteiger partial charge in [0.1, 0.15) is 11.9 Å². The fraction of sp³-hybridized carbons (Fsp3) is 0.458. The van der Waals surface area contributed by atoms with E-state index in [2.05, 4.69) is 20.3 Å². The lowest BCUT2D eigenvalue weighted by Gasteiger charge is -2.50. The van der Waals surface area contributed by atoms with Gasteiger partial charge in [-0.2, -0.15) is 4.80 Å². The van der Waals surface area contributed by atoms with E-state index >= 15 is 0 Å². The van der Waals surface area contributed by atoms with Crippen LogP contribution in [0.15, 0.2) is 36.4 Å². The minimum absolute atomic E-state index is 0.302. The number of ether oxygens (including phenoxy) is 3. The normalized spacial score (nSPS) is 21.9. The zero-order chi connectivity index (χ0) is 24.6. The summed E-state index contributed by atoms with van der Waals surface area (Å²) in [6.45, 7) is 6.16. The van der Waals surface area contributed by atoms with E-state index in [0.717, 1.165) is 22.4 Å². The molecule has 1 aliphatic heterocycles. The van der Waals surface area contributed by atoms with Crippen molar-refractivity contribution in [3.63, 3.8) is 0 Å². The van der Waals surface area contributed by atoms with E-state index in [9.17, 15) is 5.11 Å². The van der Waals surface area contributed by atoms with Gasteiger partial charge in [-0.15, -0.1) is 10.2 Å². The third kappa shape index (κ3) is 4.08. The van der Waals surface area contributed by atoms with Gasteiger partial charge in [0.25, 0.3) is 0 Å². The van der Waals surface area contributed by atoms with Gasteiger partial charge in [-0.3, -0.25) is 0 Å². The molecular formula is C24H32N6O4. The van der Waals surface area contributed by atoms with Crippen molar-refractivity contribution in [2.45, 2.75) is 51.4 Å². The predicted molar refractivity (Wildman–Crippen MR) is 127 cm³/mol. The summed E-state index contributed by atoms with van der Waals surface area (Å²) < 4.78 is 17.5. The molecule has 4 rings (SSSR count). The minimum Gasteiger partial charge on any atom is -0.479 e. The molecule has 10 nitrogen and oxygen atoms in total. The molecule has 0 unspecified atom stereocenters. The zero-order valence-electron chi connectivity index (χ0n) is 20.4. The molecule has 0 bridgehead atoms. The smallest absolute Gasteiger partial charge is 0.199 e. The van der Waals surface area contributed by atoms with Gasteiger partial charge in [-0.1, -0.05) is 18.2 Å². The van der Waals surface area contributed by atoms with E-state index in [1.807, 2.05) is 44.2 Å². The largest absolute Gasteiger partial charge is 0.479 e. The van der Waals surface area contributed by atoms with Gasteiger partial charge in [0.15, 0.2) is 17.7 Å². The number of para-hydroxylation sites is 1. The average molecular weight is 469 g/mol. The molecule has 2 aromatic carbocycles. The van der Waals surface area contributed by atoms with Gasteiger partial charge in [0.2, 0.25) is 0 Å². The fourth-order valence-corrected chi connectivity index (χ4v) is 4.88. The number of hydrogen-bond acceptors (Lipinski definition) is 9. The molecule has 0 radical (unpaired) electrons. The Morgan fingerprint density at radius 3 is 2.47 bits per heavy atom. The summed E-state index contributed by atoms with van der Waals surface area (Å²) in [4.78, 5) is 3.51. The SMILES string of the molecule is COC(OC)[C@@]1(C)Oc2ccc(N)cc2[C@H](N(Cc2nnn(C)n2)c2c(C)cccc2C)[C@H]1O. The van der Waals surface area contributed by atoms with Crippen LogP contribution in [0.1, 0.15) is 35.5 Å². The van der Waals surface area contributed by atoms with Gasteiger partial charge in [-0.05, 0) is 55.3 Å². The topological polar surface area (TPSA) is 121 Å². The van der Waals surface area contributed by atoms with E-state index in [-0.39, 0.29) is 0 Å². The highest BCUT2D eigenvalue weighted by Gasteiger charge is 2.54. The third-order valence-electron chi connectivity index (χ3n) is 6.39. The van der Waals surface area contributed by atoms with E-state index in [1.54, 1.807) is 20.0 Å². The number of aliphatic hydroxyl groups is 1. The molecular weight excluding hydrogens is 436 g/mol. The quantitative estimate of drug-likeness (QED) is 0.397. The molecule has 1 aliphatic rings. The van der Waals surface area contributed by atoms with Crippen LogP contribution in [0, 0.1) is 13.8 Å². The zero-order valence-corrected chi connectivity index (χ0v) is 20.4. The number of rotatable bonds is 7. The van der Waals surface area contributed by atoms with Gasteiger partial charge < -0.3 is 30.0 Å². The Morgan fingerprint density at radius 1 is 1.21 bits per heavy atom. The van der Waals surface area contributed by atoms with Crippen molar-refractivity contribution in [3.05, 3.63) is 58.9 Å². The standard InChI is InChI=1S/C24H32N6O4/c1-14-8-7-9-15(2)20(14)30(13-19-26-28-29(4)27-19)21-17-12-16(25)10-11-18(17)34-24(3,22(21)31)23(32-5)33-6/h7-12,21-23,31H,13,25H2,1-6H3/t21-,22+,24-/m0/s1. The molecule has 34 heavy (non-hydrogen) atoms. The molecule has 182 valence electrons. The summed E-state index contributed by atoms with van der Waals surface area (Å²) in [5, 5.41) is 24.5. The number of nitrogens with two attached hydrogens (primary N) is 1. The lowest BCUT2D eigenvalue weighted by molar-refractivity contribution is -0.237. The molecule has 0 fully saturated rings. The van der Waals surface area contributed by atoms with Crippen molar-refractivity contribution < 1.29 is 19.3 Å². The Bertz CT molecular complexity index is 1140. The number of nitrogen functional groups attached to an aromatic ring is 1. The van der Waals surface area contributed by atoms with Crippen molar-refractivity contribution in [2.24, 2.45) is 7.05 Å². The highest BCUT2D eigenvalue weighted by Crippen LogP contribution is 2.48. The Balaban J connectivity index is 1.95. The van der Waals surface area contributed by atoms with Crippen molar-refractivity contribution >= 4 is 11.4 Å². The first-order valence-corrected chi connectivity index (χ1v) is 11.1. The van der Waals surface area contributed by atoms with E-state index in [0.29, 0.717) is 23.8 Å². The van der Waals surface area contributed by atoms with Crippen LogP contribution >= 0.6 is 0 Å². The predicted octanol–water partition coefficient (Wildman–Crippen LogP) is 2.29. The van der Waals surface area contributed by atoms with Crippen LogP contribution in [0.3, 0.4) is 0 Å². The van der Waals surface area contributed by atoms with Gasteiger partial charge >= 0.3 is 0 Å². The number of methoxy groups -OCH3 is 2. The van der Waals surface area contributed by atoms with Crippen molar-refractivity contribution in [1.82, 2.24) is 20.2 Å². The molecule has 3 aromatic rings. The third-order valence-corrected chi connectivity index (χ3v) is 6.39. The first-order chi connectivity index (χ1) is 16.2. The molecule has 1 aromatic heterocycles. The lowest BCUT2D eigenvalue weighted by atomic mass is 9.82. The summed E-state index contributed by atoms with van der Waals surface area (Å²) in [5.74, 6) is 1.11. The lowest BCUT2D eigenvalue weighted by Crippen LogP contribution is -2.62. The van der Waals surface area contributed by atoms with Crippen molar-refractivity contribution in [3.8, 4) is 5.75 Å². The first kappa shape index (κ1) is 23.9. The molecule has 0 spiro atoms. The number of aliphatic hydroxyl groups excluding tert-OH is 1. The molecule has 2 heterocycles. The minimum atomic E-state index is -1.22. The second-order valence-corrected chi connectivity index (χ2v) is 8.84. The number of benzene rings is 2. The van der Waals surface area contributed by atoms with E-state index in [1.165, 1.54) is 19.0 Å². The summed E-state index contributed by atoms with van der Waals surface area (Å²) in [5.41, 5.74) is 9.33. The molecule has 0 saturated carbocycles. The summed E-state index contributed by atoms with van der Waals surface area (Å²) in [6, 6.07) is 10.9. The van der Waals surface area contributed by atoms with Gasteiger partial charge in [0, 0.05) is 31.2 Å². The summed E-state index contributed by atoms with van der Waals surface area (Å²) in [7, 11) is 4.77. The molecule has 3 atom stereocenters. The Kier molecular flexibility index (Phi) is 6.48. The number of nitrogens with zero attached hydrogens (tertiary/aromatic N) is 5. The molecule has 10 heteroatoms.